The number of hydrogen-bond donors (Lipinski definition) is 0. The zero-order valence-electron chi connectivity index (χ0n) is 15.4. The summed E-state index contributed by atoms with van der Waals surface area (Å²) in [6, 6.07) is 33.2. The summed E-state index contributed by atoms with van der Waals surface area (Å²) in [5, 5.41) is 4.34. The van der Waals surface area contributed by atoms with Crippen molar-refractivity contribution < 1.29 is 17.0 Å². The molecule has 2 heteroatoms. The standard InChI is InChI=1S/C24H26P.BrH/c1-3-4-14-21(2)25(22-15-8-5-9-16-22,23-17-10-6-11-18-23)24-19-12-7-13-20-24;/h4-21H,3H2,1-2H3;1H/q+1;/p-1. The summed E-state index contributed by atoms with van der Waals surface area (Å²) >= 11 is 0. The molecule has 0 N–H and O–H groups in total. The maximum atomic E-state index is 2.42. The largest absolute Gasteiger partial charge is 1.00 e. The third kappa shape index (κ3) is 4.00. The van der Waals surface area contributed by atoms with Gasteiger partial charge < -0.3 is 17.0 Å². The SMILES string of the molecule is CCC=CC(C)[P+](c1ccccc1)(c1ccccc1)c1ccccc1.[Br-]. The molecule has 0 saturated carbocycles. The van der Waals surface area contributed by atoms with Gasteiger partial charge in [0.05, 0.1) is 5.66 Å². The van der Waals surface area contributed by atoms with Gasteiger partial charge in [0.2, 0.25) is 0 Å². The van der Waals surface area contributed by atoms with Crippen LogP contribution in [0, 0.1) is 0 Å². The first-order valence-electron chi connectivity index (χ1n) is 9.02. The lowest BCUT2D eigenvalue weighted by atomic mass is 10.3. The van der Waals surface area contributed by atoms with Crippen LogP contribution in [0.3, 0.4) is 0 Å². The van der Waals surface area contributed by atoms with E-state index in [2.05, 4.69) is 117 Å². The van der Waals surface area contributed by atoms with Gasteiger partial charge in [-0.2, -0.15) is 0 Å². The minimum atomic E-state index is -1.76. The highest BCUT2D eigenvalue weighted by atomic mass is 79.9. The van der Waals surface area contributed by atoms with Crippen LogP contribution >= 0.6 is 7.26 Å². The van der Waals surface area contributed by atoms with Gasteiger partial charge in [-0.3, -0.25) is 0 Å². The van der Waals surface area contributed by atoms with E-state index >= 15 is 0 Å². The molecule has 1 atom stereocenters. The van der Waals surface area contributed by atoms with Crippen LogP contribution in [-0.2, 0) is 0 Å². The van der Waals surface area contributed by atoms with Crippen molar-refractivity contribution in [2.75, 3.05) is 0 Å². The number of rotatable bonds is 6. The summed E-state index contributed by atoms with van der Waals surface area (Å²) in [6.45, 7) is 4.59. The molecule has 0 aromatic heterocycles. The van der Waals surface area contributed by atoms with Gasteiger partial charge in [-0.15, -0.1) is 0 Å². The molecular formula is C24H26BrP. The highest BCUT2D eigenvalue weighted by Gasteiger charge is 2.49. The summed E-state index contributed by atoms with van der Waals surface area (Å²) in [4.78, 5) is 0. The van der Waals surface area contributed by atoms with Crippen molar-refractivity contribution >= 4 is 23.2 Å². The van der Waals surface area contributed by atoms with Gasteiger partial charge in [0.25, 0.3) is 0 Å². The first kappa shape index (κ1) is 20.6. The molecule has 0 nitrogen and oxygen atoms in total. The van der Waals surface area contributed by atoms with Gasteiger partial charge in [0.1, 0.15) is 23.2 Å². The quantitative estimate of drug-likeness (QED) is 0.420. The number of allylic oxidation sites excluding steroid dienone is 2. The smallest absolute Gasteiger partial charge is 0.118 e. The lowest BCUT2D eigenvalue weighted by molar-refractivity contribution is -0.00000495. The monoisotopic (exact) mass is 424 g/mol. The molecule has 0 aliphatic rings. The molecular weight excluding hydrogens is 399 g/mol. The van der Waals surface area contributed by atoms with E-state index in [4.69, 9.17) is 0 Å². The number of halogens is 1. The van der Waals surface area contributed by atoms with Crippen molar-refractivity contribution in [2.45, 2.75) is 25.9 Å². The van der Waals surface area contributed by atoms with Crippen LogP contribution in [0.4, 0.5) is 0 Å². The minimum Gasteiger partial charge on any atom is -1.00 e. The lowest BCUT2D eigenvalue weighted by Crippen LogP contribution is -3.00. The Hall–Kier alpha value is -1.69. The van der Waals surface area contributed by atoms with Crippen LogP contribution in [0.5, 0.6) is 0 Å². The third-order valence-corrected chi connectivity index (χ3v) is 9.48. The van der Waals surface area contributed by atoms with Gasteiger partial charge in [-0.25, -0.2) is 0 Å². The molecule has 0 bridgehead atoms. The first-order valence-corrected chi connectivity index (χ1v) is 10.9. The maximum Gasteiger partial charge on any atom is 0.118 e. The molecule has 0 amide bonds. The fourth-order valence-electron chi connectivity index (χ4n) is 3.60. The van der Waals surface area contributed by atoms with Gasteiger partial charge in [-0.05, 0) is 55.8 Å². The molecule has 0 heterocycles. The molecule has 26 heavy (non-hydrogen) atoms. The van der Waals surface area contributed by atoms with Crippen LogP contribution in [0.25, 0.3) is 0 Å². The molecule has 0 radical (unpaired) electrons. The summed E-state index contributed by atoms with van der Waals surface area (Å²) in [7, 11) is -1.76. The highest BCUT2D eigenvalue weighted by molar-refractivity contribution is 7.96. The zero-order chi connectivity index (χ0) is 17.5. The Bertz CT molecular complexity index is 701. The summed E-state index contributed by atoms with van der Waals surface area (Å²) in [5.74, 6) is 0. The molecule has 134 valence electrons. The van der Waals surface area contributed by atoms with Crippen molar-refractivity contribution in [2.24, 2.45) is 0 Å². The second-order valence-corrected chi connectivity index (χ2v) is 10.1. The van der Waals surface area contributed by atoms with Crippen LogP contribution in [0.1, 0.15) is 20.3 Å². The predicted molar refractivity (Wildman–Crippen MR) is 114 cm³/mol. The van der Waals surface area contributed by atoms with Crippen LogP contribution < -0.4 is 32.9 Å². The fourth-order valence-corrected chi connectivity index (χ4v) is 8.22. The Kier molecular flexibility index (Phi) is 7.82. The Labute approximate surface area is 169 Å². The third-order valence-electron chi connectivity index (χ3n) is 4.75. The van der Waals surface area contributed by atoms with Gasteiger partial charge in [0, 0.05) is 0 Å². The van der Waals surface area contributed by atoms with Crippen LogP contribution in [-0.4, -0.2) is 5.66 Å². The Balaban J connectivity index is 0.00000243. The number of hydrogen-bond acceptors (Lipinski definition) is 0. The summed E-state index contributed by atoms with van der Waals surface area (Å²) in [6.07, 6.45) is 5.80. The lowest BCUT2D eigenvalue weighted by Gasteiger charge is -2.31. The molecule has 0 fully saturated rings. The van der Waals surface area contributed by atoms with E-state index in [9.17, 15) is 0 Å². The average molecular weight is 425 g/mol. The van der Waals surface area contributed by atoms with Gasteiger partial charge in [0.15, 0.2) is 0 Å². The van der Waals surface area contributed by atoms with E-state index in [0.717, 1.165) is 6.42 Å². The van der Waals surface area contributed by atoms with E-state index in [1.807, 2.05) is 0 Å². The second kappa shape index (κ2) is 9.86. The molecule has 0 saturated heterocycles. The molecule has 0 aliphatic heterocycles. The Morgan fingerprint density at radius 1 is 0.692 bits per heavy atom. The van der Waals surface area contributed by atoms with Crippen molar-refractivity contribution in [1.29, 1.82) is 0 Å². The van der Waals surface area contributed by atoms with E-state index < -0.39 is 7.26 Å². The van der Waals surface area contributed by atoms with E-state index in [1.165, 1.54) is 15.9 Å². The molecule has 0 aliphatic carbocycles. The minimum absolute atomic E-state index is 0. The molecule has 0 spiro atoms. The fraction of sp³-hybridized carbons (Fsp3) is 0.167. The van der Waals surface area contributed by atoms with Gasteiger partial charge in [-0.1, -0.05) is 67.6 Å². The van der Waals surface area contributed by atoms with Crippen molar-refractivity contribution in [3.8, 4) is 0 Å². The van der Waals surface area contributed by atoms with Crippen LogP contribution in [0.2, 0.25) is 0 Å². The van der Waals surface area contributed by atoms with E-state index in [-0.39, 0.29) is 17.0 Å². The molecule has 1 unspecified atom stereocenters. The average Bonchev–Trinajstić information content (AvgIpc) is 2.69. The zero-order valence-corrected chi connectivity index (χ0v) is 17.9. The summed E-state index contributed by atoms with van der Waals surface area (Å²) < 4.78 is 0. The summed E-state index contributed by atoms with van der Waals surface area (Å²) in [5.41, 5.74) is 0.444. The Morgan fingerprint density at radius 3 is 1.35 bits per heavy atom. The van der Waals surface area contributed by atoms with Crippen molar-refractivity contribution in [1.82, 2.24) is 0 Å². The van der Waals surface area contributed by atoms with E-state index in [1.54, 1.807) is 0 Å². The number of benzene rings is 3. The van der Waals surface area contributed by atoms with Crippen molar-refractivity contribution in [3.05, 3.63) is 103 Å². The molecule has 3 aromatic carbocycles. The highest BCUT2D eigenvalue weighted by Crippen LogP contribution is 2.60. The van der Waals surface area contributed by atoms with Gasteiger partial charge >= 0.3 is 0 Å². The second-order valence-electron chi connectivity index (χ2n) is 6.31. The Morgan fingerprint density at radius 2 is 1.04 bits per heavy atom. The predicted octanol–water partition coefficient (Wildman–Crippen LogP) is 2.34. The maximum absolute atomic E-state index is 2.42. The van der Waals surface area contributed by atoms with Crippen LogP contribution in [0.15, 0.2) is 103 Å². The van der Waals surface area contributed by atoms with E-state index in [0.29, 0.717) is 5.66 Å². The van der Waals surface area contributed by atoms with Crippen molar-refractivity contribution in [3.63, 3.8) is 0 Å². The topological polar surface area (TPSA) is 0 Å². The first-order chi connectivity index (χ1) is 12.3. The molecule has 3 rings (SSSR count). The normalized spacial score (nSPS) is 12.5. The molecule has 3 aromatic rings.